The Morgan fingerprint density at radius 2 is 1.29 bits per heavy atom. The summed E-state index contributed by atoms with van der Waals surface area (Å²) >= 11 is 4.58. The Kier molecular flexibility index (Phi) is 16.8. The van der Waals surface area contributed by atoms with Crippen LogP contribution in [0.5, 0.6) is 0 Å². The van der Waals surface area contributed by atoms with Gasteiger partial charge in [0, 0.05) is 14.2 Å². The van der Waals surface area contributed by atoms with Crippen LogP contribution in [0.15, 0.2) is 34.9 Å². The number of rotatable bonds is 22. The predicted molar refractivity (Wildman–Crippen MR) is 256 cm³/mol. The zero-order valence-electron chi connectivity index (χ0n) is 41.3. The highest BCUT2D eigenvalue weighted by molar-refractivity contribution is 8.09. The van der Waals surface area contributed by atoms with Crippen molar-refractivity contribution in [2.24, 2.45) is 7.05 Å². The molecule has 10 N–H and O–H groups in total. The molecule has 9 rings (SSSR count). The molecule has 43 heteroatoms. The SMILES string of the molecule is COC1[C@@H](OP(=O)([O-])OC[C@H]2O[C@@H](n3cnc4c(=O)[nH]c(N)nc43)C(O)[C@H]2OC(C)C)[C@@H](COP(=O)([O-])OP([O-])(=S)OP(=O)([O-])OC[C@H]2O[C@@H]([n+]3cn(C)c4c(=O)[nH]c(N)nc43)C(O)[C@H]2OC)O[C@H]1n1cnc2c(N)ncnc21. The summed E-state index contributed by atoms with van der Waals surface area (Å²) in [4.78, 5) is 107. The number of H-pyrrole nitrogens is 2. The summed E-state index contributed by atoms with van der Waals surface area (Å²) in [5, 5.41) is 22.5. The number of aromatic amines is 2. The number of nitrogens with two attached hydrogens (primary N) is 3. The molecular weight excluding hydrogens is 1170 g/mol. The maximum atomic E-state index is 13.8. The van der Waals surface area contributed by atoms with Crippen LogP contribution in [-0.4, -0.2) is 159 Å². The third-order valence-electron chi connectivity index (χ3n) is 12.2. The second-order valence-corrected chi connectivity index (χ2v) is 25.0. The highest BCUT2D eigenvalue weighted by Gasteiger charge is 2.52. The van der Waals surface area contributed by atoms with E-state index in [1.54, 1.807) is 13.8 Å². The molecule has 434 valence electrons. The molecule has 38 nitrogen and oxygen atoms in total. The molecule has 0 radical (unpaired) electrons. The van der Waals surface area contributed by atoms with Crippen molar-refractivity contribution in [3.8, 4) is 0 Å². The van der Waals surface area contributed by atoms with Gasteiger partial charge in [-0.3, -0.25) is 55.6 Å². The van der Waals surface area contributed by atoms with Crippen molar-refractivity contribution < 1.29 is 103 Å². The van der Waals surface area contributed by atoms with E-state index in [-0.39, 0.29) is 51.2 Å². The zero-order chi connectivity index (χ0) is 57.3. The molecule has 3 aliphatic rings. The van der Waals surface area contributed by atoms with E-state index in [2.05, 4.69) is 60.3 Å². The largest absolute Gasteiger partial charge is 0.779 e. The molecule has 0 aliphatic carbocycles. The Bertz CT molecular complexity index is 3570. The highest BCUT2D eigenvalue weighted by atomic mass is 32.5. The van der Waals surface area contributed by atoms with Crippen LogP contribution in [0.2, 0.25) is 0 Å². The van der Waals surface area contributed by atoms with Gasteiger partial charge in [0.25, 0.3) is 40.5 Å². The van der Waals surface area contributed by atoms with Gasteiger partial charge >= 0.3 is 5.65 Å². The number of imidazole rings is 3. The van der Waals surface area contributed by atoms with Gasteiger partial charge in [-0.1, -0.05) is 16.8 Å². The fraction of sp³-hybridized carbons (Fsp3) is 0.583. The number of hydrogen-bond donors (Lipinski definition) is 7. The summed E-state index contributed by atoms with van der Waals surface area (Å²) in [6.45, 7) is -5.70. The first-order valence-electron chi connectivity index (χ1n) is 22.8. The van der Waals surface area contributed by atoms with E-state index in [0.29, 0.717) is 0 Å². The lowest BCUT2D eigenvalue weighted by Crippen LogP contribution is -2.46. The van der Waals surface area contributed by atoms with E-state index in [1.165, 1.54) is 31.6 Å². The quantitative estimate of drug-likeness (QED) is 0.0247. The minimum atomic E-state index is -6.10. The maximum absolute atomic E-state index is 13.8. The number of phosphoric acid groups is 3. The molecule has 6 aromatic rings. The number of aliphatic hydroxyl groups excluding tert-OH is 2. The lowest BCUT2D eigenvalue weighted by molar-refractivity contribution is -0.745. The molecule has 6 aromatic heterocycles. The molecule has 3 fully saturated rings. The van der Waals surface area contributed by atoms with Crippen molar-refractivity contribution in [1.29, 1.82) is 0 Å². The fourth-order valence-electron chi connectivity index (χ4n) is 9.01. The van der Waals surface area contributed by atoms with Crippen LogP contribution in [0.25, 0.3) is 33.5 Å². The topological polar surface area (TPSA) is 534 Å². The number of ether oxygens (including phenoxy) is 6. The van der Waals surface area contributed by atoms with E-state index in [9.17, 15) is 53.1 Å². The lowest BCUT2D eigenvalue weighted by Gasteiger charge is -2.38. The van der Waals surface area contributed by atoms with Crippen LogP contribution >= 0.6 is 30.2 Å². The number of nitrogens with zero attached hydrogens (tertiary/aromatic N) is 10. The van der Waals surface area contributed by atoms with Crippen LogP contribution in [0.3, 0.4) is 0 Å². The summed E-state index contributed by atoms with van der Waals surface area (Å²) in [6.07, 6.45) is -14.1. The molecule has 0 bridgehead atoms. The normalized spacial score (nSPS) is 29.6. The molecule has 79 heavy (non-hydrogen) atoms. The van der Waals surface area contributed by atoms with Crippen LogP contribution in [0, 0.1) is 0 Å². The number of aromatic nitrogens is 12. The number of aryl methyl sites for hydroxylation is 1. The highest BCUT2D eigenvalue weighted by Crippen LogP contribution is 2.63. The third kappa shape index (κ3) is 12.3. The van der Waals surface area contributed by atoms with Gasteiger partial charge in [0.15, 0.2) is 41.4 Å². The zero-order valence-corrected chi connectivity index (χ0v) is 45.7. The molecule has 7 unspecified atom stereocenters. The number of aliphatic hydroxyl groups is 2. The summed E-state index contributed by atoms with van der Waals surface area (Å²) in [5.74, 6) is -0.637. The molecule has 0 amide bonds. The smallest absolute Gasteiger partial charge is 0.313 e. The number of nitrogens with one attached hydrogen (secondary N) is 2. The van der Waals surface area contributed by atoms with Gasteiger partial charge in [0.05, 0.1) is 45.6 Å². The molecule has 9 heterocycles. The van der Waals surface area contributed by atoms with Crippen molar-refractivity contribution in [2.45, 2.75) is 93.6 Å². The Hall–Kier alpha value is -4.73. The standard InChI is InChI=1S/C36H51N15O23P4S/c1-13(2)68-23-15(70-32(21(23)53)50-11-43-18-28(50)44-35(38)46-30(18)54)7-65-75(56,57)72-24-16(71-34(25(24)64-5)49-10-42-17-26(37)40-9-41-27(17)49)8-67-77(60,61)74-78(62,79)73-76(58,59)66-6-14-22(63-4)20(52)33(69-14)51-12-48(3)19-29(51)45-36(39)47-31(19)55/h9-16,20-25,32-34,52-53H,6-8H2,1-5H3,(H11-,37,38,39,40,41,44,45,46,47,54,55,56,57,58,59,60,61,62,79)/p-3/t14-,15-,16-,20?,21?,22+,23+,24+,25?,32-,33-,34-,78?/m1/s1. The maximum Gasteiger partial charge on any atom is 0.313 e. The van der Waals surface area contributed by atoms with Crippen molar-refractivity contribution >= 4 is 93.2 Å². The molecule has 16 atom stereocenters. The van der Waals surface area contributed by atoms with Crippen molar-refractivity contribution in [2.75, 3.05) is 51.2 Å². The second-order valence-electron chi connectivity index (χ2n) is 17.8. The fourth-order valence-corrected chi connectivity index (χ4v) is 14.8. The van der Waals surface area contributed by atoms with Gasteiger partial charge in [-0.2, -0.15) is 4.98 Å². The van der Waals surface area contributed by atoms with E-state index in [4.69, 9.17) is 63.7 Å². The lowest BCUT2D eigenvalue weighted by atomic mass is 10.1. The van der Waals surface area contributed by atoms with Gasteiger partial charge in [0.1, 0.15) is 73.5 Å². The number of methoxy groups -OCH3 is 2. The van der Waals surface area contributed by atoms with Gasteiger partial charge in [0.2, 0.25) is 17.7 Å². The van der Waals surface area contributed by atoms with E-state index in [0.717, 1.165) is 33.2 Å². The van der Waals surface area contributed by atoms with Crippen molar-refractivity contribution in [3.05, 3.63) is 46.0 Å². The molecule has 3 saturated heterocycles. The van der Waals surface area contributed by atoms with E-state index >= 15 is 0 Å². The Morgan fingerprint density at radius 1 is 0.734 bits per heavy atom. The van der Waals surface area contributed by atoms with Crippen LogP contribution in [-0.2, 0) is 87.7 Å². The van der Waals surface area contributed by atoms with Crippen LogP contribution < -0.4 is 52.5 Å². The molecule has 0 aromatic carbocycles. The van der Waals surface area contributed by atoms with Gasteiger partial charge < -0.3 is 93.5 Å². The van der Waals surface area contributed by atoms with Crippen molar-refractivity contribution in [3.63, 3.8) is 0 Å². The van der Waals surface area contributed by atoms with Gasteiger partial charge in [-0.25, -0.2) is 24.5 Å². The van der Waals surface area contributed by atoms with Crippen LogP contribution in [0.4, 0.5) is 17.7 Å². The second kappa shape index (κ2) is 22.6. The predicted octanol–water partition coefficient (Wildman–Crippen LogP) is -5.04. The molecule has 3 aliphatic heterocycles. The average Bonchev–Trinajstić information content (AvgIpc) is 4.40. The summed E-state index contributed by atoms with van der Waals surface area (Å²) in [5.41, 5.74) is 15.9. The third-order valence-corrected chi connectivity index (χ3v) is 18.5. The average molecular weight is 1210 g/mol. The Labute approximate surface area is 446 Å². The summed E-state index contributed by atoms with van der Waals surface area (Å²) in [7, 11) is -14.0. The number of anilines is 3. The summed E-state index contributed by atoms with van der Waals surface area (Å²) < 4.78 is 109. The van der Waals surface area contributed by atoms with Crippen molar-refractivity contribution in [1.82, 2.24) is 53.6 Å². The van der Waals surface area contributed by atoms with Gasteiger partial charge in [-0.05, 0) is 13.8 Å². The molecule has 0 saturated carbocycles. The Balaban J connectivity index is 0.882. The first-order chi connectivity index (χ1) is 37.1. The van der Waals surface area contributed by atoms with Gasteiger partial charge in [-0.15, -0.1) is 0 Å². The minimum absolute atomic E-state index is 0.0150. The number of fused-ring (bicyclic) bond motifs is 3. The number of hydrogen-bond acceptors (Lipinski definition) is 33. The monoisotopic (exact) mass is 1210 g/mol. The number of phosphoric ester groups is 3. The minimum Gasteiger partial charge on any atom is -0.779 e. The first-order valence-corrected chi connectivity index (χ1v) is 29.8. The molecular formula is C36H48N15O23P4S-3. The van der Waals surface area contributed by atoms with Crippen LogP contribution in [0.1, 0.15) is 32.5 Å². The Morgan fingerprint density at radius 3 is 1.92 bits per heavy atom. The number of nitrogen functional groups attached to an aromatic ring is 3. The van der Waals surface area contributed by atoms with E-state index in [1.807, 2.05) is 0 Å². The summed E-state index contributed by atoms with van der Waals surface area (Å²) in [6, 6.07) is 0. The first kappa shape index (κ1) is 58.9. The molecule has 0 spiro atoms. The van der Waals surface area contributed by atoms with E-state index < -0.39 is 141 Å².